The Morgan fingerprint density at radius 1 is 1.00 bits per heavy atom. The van der Waals surface area contributed by atoms with Gasteiger partial charge in [0.2, 0.25) is 5.91 Å². The Balaban J connectivity index is 1.51. The molecule has 0 saturated heterocycles. The number of benzene rings is 2. The minimum absolute atomic E-state index is 0.281. The van der Waals surface area contributed by atoms with Gasteiger partial charge in [0.25, 0.3) is 0 Å². The summed E-state index contributed by atoms with van der Waals surface area (Å²) in [6.07, 6.45) is 4.69. The Morgan fingerprint density at radius 3 is 2.71 bits per heavy atom. The van der Waals surface area contributed by atoms with Crippen molar-refractivity contribution < 1.29 is 9.21 Å². The highest BCUT2D eigenvalue weighted by molar-refractivity contribution is 6.43. The van der Waals surface area contributed by atoms with E-state index in [1.165, 1.54) is 6.08 Å². The summed E-state index contributed by atoms with van der Waals surface area (Å²) in [6, 6.07) is 18.3. The lowest BCUT2D eigenvalue weighted by molar-refractivity contribution is -0.111. The quantitative estimate of drug-likeness (QED) is 0.394. The summed E-state index contributed by atoms with van der Waals surface area (Å²) in [5.74, 6) is 0.819. The van der Waals surface area contributed by atoms with Gasteiger partial charge < -0.3 is 9.73 Å². The molecule has 2 aromatic heterocycles. The lowest BCUT2D eigenvalue weighted by Gasteiger charge is -2.05. The second-order valence-corrected chi connectivity index (χ2v) is 6.79. The molecule has 6 heteroatoms. The van der Waals surface area contributed by atoms with Gasteiger partial charge in [-0.2, -0.15) is 0 Å². The van der Waals surface area contributed by atoms with Gasteiger partial charge in [0.1, 0.15) is 11.5 Å². The zero-order chi connectivity index (χ0) is 19.5. The first-order valence-corrected chi connectivity index (χ1v) is 9.24. The molecule has 2 heterocycles. The fourth-order valence-electron chi connectivity index (χ4n) is 2.82. The molecule has 0 saturated carbocycles. The van der Waals surface area contributed by atoms with Gasteiger partial charge in [-0.1, -0.05) is 47.5 Å². The highest BCUT2D eigenvalue weighted by Crippen LogP contribution is 2.34. The first kappa shape index (κ1) is 18.3. The van der Waals surface area contributed by atoms with E-state index in [9.17, 15) is 4.79 Å². The summed E-state index contributed by atoms with van der Waals surface area (Å²) in [6.45, 7) is 0. The van der Waals surface area contributed by atoms with Crippen LogP contribution >= 0.6 is 23.2 Å². The number of hydrogen-bond acceptors (Lipinski definition) is 3. The number of rotatable bonds is 4. The van der Waals surface area contributed by atoms with Gasteiger partial charge in [0, 0.05) is 23.2 Å². The molecule has 4 aromatic rings. The Labute approximate surface area is 171 Å². The SMILES string of the molecule is O=C(C=Cc1ccc(-c2cccc(Cl)c2Cl)o1)Nc1cccc2cccnc12. The number of fused-ring (bicyclic) bond motifs is 1. The number of aromatic nitrogens is 1. The smallest absolute Gasteiger partial charge is 0.248 e. The molecule has 1 amide bonds. The van der Waals surface area contributed by atoms with Crippen LogP contribution in [0.2, 0.25) is 10.0 Å². The van der Waals surface area contributed by atoms with Gasteiger partial charge in [-0.05, 0) is 42.5 Å². The van der Waals surface area contributed by atoms with Gasteiger partial charge in [0.05, 0.1) is 21.2 Å². The van der Waals surface area contributed by atoms with E-state index in [0.717, 1.165) is 10.9 Å². The number of carbonyl (C=O) groups excluding carboxylic acids is 1. The van der Waals surface area contributed by atoms with Crippen molar-refractivity contribution in [3.8, 4) is 11.3 Å². The van der Waals surface area contributed by atoms with Gasteiger partial charge in [0.15, 0.2) is 0 Å². The van der Waals surface area contributed by atoms with Crippen LogP contribution in [-0.2, 0) is 4.79 Å². The first-order valence-electron chi connectivity index (χ1n) is 8.49. The molecule has 0 aliphatic carbocycles. The summed E-state index contributed by atoms with van der Waals surface area (Å²) < 4.78 is 5.75. The maximum absolute atomic E-state index is 12.3. The van der Waals surface area contributed by atoms with Crippen LogP contribution in [0.15, 0.2) is 77.4 Å². The third-order valence-electron chi connectivity index (χ3n) is 4.13. The number of pyridine rings is 1. The Kier molecular flexibility index (Phi) is 5.15. The van der Waals surface area contributed by atoms with Crippen molar-refractivity contribution in [2.24, 2.45) is 0 Å². The average Bonchev–Trinajstić information content (AvgIpc) is 3.18. The second-order valence-electron chi connectivity index (χ2n) is 6.01. The van der Waals surface area contributed by atoms with Gasteiger partial charge in [-0.25, -0.2) is 0 Å². The monoisotopic (exact) mass is 408 g/mol. The first-order chi connectivity index (χ1) is 13.6. The third-order valence-corrected chi connectivity index (χ3v) is 4.95. The zero-order valence-corrected chi connectivity index (χ0v) is 16.0. The minimum atomic E-state index is -0.281. The molecule has 138 valence electrons. The van der Waals surface area contributed by atoms with E-state index >= 15 is 0 Å². The normalized spacial score (nSPS) is 11.2. The standard InChI is InChI=1S/C22H14Cl2N2O2/c23-17-7-2-6-16(21(17)24)19-11-9-15(28-19)10-12-20(27)26-18-8-1-4-14-5-3-13-25-22(14)18/h1-13H,(H,26,27). The molecule has 28 heavy (non-hydrogen) atoms. The van der Waals surface area contributed by atoms with Crippen LogP contribution in [0, 0.1) is 0 Å². The van der Waals surface area contributed by atoms with Gasteiger partial charge in [-0.15, -0.1) is 0 Å². The lowest BCUT2D eigenvalue weighted by Crippen LogP contribution is -2.08. The van der Waals surface area contributed by atoms with Crippen LogP contribution in [0.4, 0.5) is 5.69 Å². The molecule has 0 aliphatic heterocycles. The third kappa shape index (κ3) is 3.79. The summed E-state index contributed by atoms with van der Waals surface area (Å²) in [5.41, 5.74) is 2.08. The highest BCUT2D eigenvalue weighted by atomic mass is 35.5. The molecule has 4 nitrogen and oxygen atoms in total. The molecule has 2 aromatic carbocycles. The van der Waals surface area contributed by atoms with Crippen molar-refractivity contribution in [2.75, 3.05) is 5.32 Å². The molecule has 0 aliphatic rings. The fourth-order valence-corrected chi connectivity index (χ4v) is 3.21. The molecule has 1 N–H and O–H groups in total. The van der Waals surface area contributed by atoms with E-state index in [1.807, 2.05) is 36.4 Å². The van der Waals surface area contributed by atoms with E-state index in [4.69, 9.17) is 27.6 Å². The summed E-state index contributed by atoms with van der Waals surface area (Å²) >= 11 is 12.3. The van der Waals surface area contributed by atoms with Gasteiger partial charge >= 0.3 is 0 Å². The van der Waals surface area contributed by atoms with Crippen molar-refractivity contribution in [2.45, 2.75) is 0 Å². The maximum atomic E-state index is 12.3. The van der Waals surface area contributed by atoms with Crippen LogP contribution in [0.5, 0.6) is 0 Å². The second kappa shape index (κ2) is 7.89. The van der Waals surface area contributed by atoms with Crippen LogP contribution in [-0.4, -0.2) is 10.9 Å². The fraction of sp³-hybridized carbons (Fsp3) is 0. The highest BCUT2D eigenvalue weighted by Gasteiger charge is 2.10. The Hall–Kier alpha value is -3.08. The van der Waals surface area contributed by atoms with E-state index < -0.39 is 0 Å². The van der Waals surface area contributed by atoms with Crippen molar-refractivity contribution in [1.82, 2.24) is 4.98 Å². The number of carbonyl (C=O) groups is 1. The number of furan rings is 1. The molecule has 0 unspecified atom stereocenters. The number of para-hydroxylation sites is 1. The number of hydrogen-bond donors (Lipinski definition) is 1. The average molecular weight is 409 g/mol. The van der Waals surface area contributed by atoms with Crippen molar-refractivity contribution in [3.05, 3.63) is 88.7 Å². The van der Waals surface area contributed by atoms with Crippen LogP contribution < -0.4 is 5.32 Å². The molecular formula is C22H14Cl2N2O2. The number of nitrogens with one attached hydrogen (secondary N) is 1. The molecule has 4 rings (SSSR count). The number of nitrogens with zero attached hydrogens (tertiary/aromatic N) is 1. The van der Waals surface area contributed by atoms with Crippen molar-refractivity contribution >= 4 is 51.8 Å². The van der Waals surface area contributed by atoms with Crippen LogP contribution in [0.25, 0.3) is 28.3 Å². The Bertz CT molecular complexity index is 1190. The predicted octanol–water partition coefficient (Wildman–Crippen LogP) is 6.45. The zero-order valence-electron chi connectivity index (χ0n) is 14.5. The molecular weight excluding hydrogens is 395 g/mol. The maximum Gasteiger partial charge on any atom is 0.248 e. The van der Waals surface area contributed by atoms with E-state index in [0.29, 0.717) is 32.8 Å². The molecule has 0 spiro atoms. The lowest BCUT2D eigenvalue weighted by atomic mass is 10.2. The Morgan fingerprint density at radius 2 is 1.82 bits per heavy atom. The van der Waals surface area contributed by atoms with E-state index in [1.54, 1.807) is 36.5 Å². The van der Waals surface area contributed by atoms with E-state index in [2.05, 4.69) is 10.3 Å². The van der Waals surface area contributed by atoms with Crippen molar-refractivity contribution in [3.63, 3.8) is 0 Å². The molecule has 0 bridgehead atoms. The van der Waals surface area contributed by atoms with Crippen LogP contribution in [0.1, 0.15) is 5.76 Å². The van der Waals surface area contributed by atoms with E-state index in [-0.39, 0.29) is 5.91 Å². The molecule has 0 fully saturated rings. The largest absolute Gasteiger partial charge is 0.457 e. The molecule has 0 radical (unpaired) electrons. The predicted molar refractivity (Wildman–Crippen MR) is 114 cm³/mol. The molecule has 0 atom stereocenters. The minimum Gasteiger partial charge on any atom is -0.457 e. The summed E-state index contributed by atoms with van der Waals surface area (Å²) in [4.78, 5) is 16.6. The number of anilines is 1. The topological polar surface area (TPSA) is 55.1 Å². The summed E-state index contributed by atoms with van der Waals surface area (Å²) in [5, 5.41) is 4.68. The number of amides is 1. The number of halogens is 2. The van der Waals surface area contributed by atoms with Gasteiger partial charge in [-0.3, -0.25) is 9.78 Å². The van der Waals surface area contributed by atoms with Crippen molar-refractivity contribution in [1.29, 1.82) is 0 Å². The van der Waals surface area contributed by atoms with Crippen LogP contribution in [0.3, 0.4) is 0 Å². The summed E-state index contributed by atoms with van der Waals surface area (Å²) in [7, 11) is 0.